The summed E-state index contributed by atoms with van der Waals surface area (Å²) in [5.41, 5.74) is 7.53. The Kier molecular flexibility index (Phi) is 6.06. The lowest BCUT2D eigenvalue weighted by Gasteiger charge is -2.36. The van der Waals surface area contributed by atoms with Crippen LogP contribution in [0.2, 0.25) is 0 Å². The lowest BCUT2D eigenvalue weighted by Crippen LogP contribution is -2.26. The minimum absolute atomic E-state index is 0.225. The molecule has 1 N–H and O–H groups in total. The first kappa shape index (κ1) is 21.0. The van der Waals surface area contributed by atoms with Crippen molar-refractivity contribution < 1.29 is 4.79 Å². The van der Waals surface area contributed by atoms with Crippen LogP contribution in [0.4, 0.5) is 0 Å². The number of imidazole rings is 1. The standard InChI is InChI=1S/C24H32N4O/c1-7-28-18(4)25-21-15-19(11-13-22(21)28)23(29)27-26-17(3)10-12-20-16(2)9-8-14-24(20,5)6/h9-13,15,20H,7-8,14H2,1-6H3,(H,27,29)/b12-10+,26-17+. The summed E-state index contributed by atoms with van der Waals surface area (Å²) < 4.78 is 2.13. The van der Waals surface area contributed by atoms with Gasteiger partial charge in [-0.3, -0.25) is 4.79 Å². The largest absolute Gasteiger partial charge is 0.329 e. The number of carbonyl (C=O) groups excluding carboxylic acids is 1. The molecule has 0 fully saturated rings. The van der Waals surface area contributed by atoms with Crippen molar-refractivity contribution in [3.63, 3.8) is 0 Å². The summed E-state index contributed by atoms with van der Waals surface area (Å²) in [6, 6.07) is 5.60. The molecular weight excluding hydrogens is 360 g/mol. The molecule has 0 saturated heterocycles. The van der Waals surface area contributed by atoms with Gasteiger partial charge in [-0.2, -0.15) is 5.10 Å². The summed E-state index contributed by atoms with van der Waals surface area (Å²) in [7, 11) is 0. The first-order valence-corrected chi connectivity index (χ1v) is 10.4. The molecule has 1 aliphatic carbocycles. The number of amides is 1. The predicted molar refractivity (Wildman–Crippen MR) is 120 cm³/mol. The number of allylic oxidation sites excluding steroid dienone is 4. The third-order valence-electron chi connectivity index (χ3n) is 5.97. The summed E-state index contributed by atoms with van der Waals surface area (Å²) in [6.07, 6.45) is 8.87. The number of aromatic nitrogens is 2. The molecule has 29 heavy (non-hydrogen) atoms. The highest BCUT2D eigenvalue weighted by molar-refractivity contribution is 5.99. The van der Waals surface area contributed by atoms with E-state index >= 15 is 0 Å². The van der Waals surface area contributed by atoms with Crippen LogP contribution in [-0.2, 0) is 6.54 Å². The van der Waals surface area contributed by atoms with E-state index in [1.807, 2.05) is 38.1 Å². The van der Waals surface area contributed by atoms with Gasteiger partial charge in [-0.05, 0) is 70.2 Å². The third-order valence-corrected chi connectivity index (χ3v) is 5.97. The maximum Gasteiger partial charge on any atom is 0.271 e. The average Bonchev–Trinajstić information content (AvgIpc) is 2.99. The Balaban J connectivity index is 1.70. The Morgan fingerprint density at radius 2 is 2.14 bits per heavy atom. The molecule has 1 aromatic carbocycles. The molecular formula is C24H32N4O. The van der Waals surface area contributed by atoms with Crippen molar-refractivity contribution in [1.29, 1.82) is 0 Å². The average molecular weight is 393 g/mol. The molecule has 0 aliphatic heterocycles. The van der Waals surface area contributed by atoms with Gasteiger partial charge in [0.1, 0.15) is 5.82 Å². The summed E-state index contributed by atoms with van der Waals surface area (Å²) in [4.78, 5) is 17.1. The highest BCUT2D eigenvalue weighted by atomic mass is 16.2. The maximum atomic E-state index is 12.5. The molecule has 1 heterocycles. The van der Waals surface area contributed by atoms with E-state index in [2.05, 4.69) is 59.9 Å². The number of fused-ring (bicyclic) bond motifs is 1. The van der Waals surface area contributed by atoms with Crippen LogP contribution in [0, 0.1) is 18.3 Å². The van der Waals surface area contributed by atoms with Gasteiger partial charge in [-0.15, -0.1) is 0 Å². The fourth-order valence-electron chi connectivity index (χ4n) is 4.25. The van der Waals surface area contributed by atoms with Gasteiger partial charge in [0.2, 0.25) is 0 Å². The molecule has 0 saturated carbocycles. The van der Waals surface area contributed by atoms with Crippen molar-refractivity contribution in [2.75, 3.05) is 0 Å². The second-order valence-corrected chi connectivity index (χ2v) is 8.61. The number of nitrogens with one attached hydrogen (secondary N) is 1. The molecule has 1 amide bonds. The van der Waals surface area contributed by atoms with Gasteiger partial charge in [-0.1, -0.05) is 31.6 Å². The van der Waals surface area contributed by atoms with E-state index in [0.717, 1.165) is 35.5 Å². The second-order valence-electron chi connectivity index (χ2n) is 8.61. The zero-order valence-corrected chi connectivity index (χ0v) is 18.4. The number of benzene rings is 1. The Morgan fingerprint density at radius 3 is 2.83 bits per heavy atom. The van der Waals surface area contributed by atoms with Crippen molar-refractivity contribution in [2.45, 2.75) is 60.9 Å². The SMILES string of the molecule is CCn1c(C)nc2cc(C(=O)N/N=C(C)/C=C/C3C(C)=CCCC3(C)C)ccc21. The fourth-order valence-corrected chi connectivity index (χ4v) is 4.25. The third kappa shape index (κ3) is 4.50. The van der Waals surface area contributed by atoms with Gasteiger partial charge in [0.15, 0.2) is 0 Å². The Hall–Kier alpha value is -2.69. The van der Waals surface area contributed by atoms with Crippen LogP contribution in [0.1, 0.15) is 63.6 Å². The smallest absolute Gasteiger partial charge is 0.271 e. The maximum absolute atomic E-state index is 12.5. The van der Waals surface area contributed by atoms with Crippen LogP contribution in [0.15, 0.2) is 47.1 Å². The Bertz CT molecular complexity index is 1010. The van der Waals surface area contributed by atoms with Gasteiger partial charge < -0.3 is 4.57 Å². The summed E-state index contributed by atoms with van der Waals surface area (Å²) in [5, 5.41) is 4.26. The monoisotopic (exact) mass is 392 g/mol. The number of hydrazone groups is 1. The number of carbonyl (C=O) groups is 1. The molecule has 0 radical (unpaired) electrons. The van der Waals surface area contributed by atoms with E-state index in [-0.39, 0.29) is 11.3 Å². The molecule has 1 aliphatic rings. The van der Waals surface area contributed by atoms with Crippen molar-refractivity contribution in [1.82, 2.24) is 15.0 Å². The van der Waals surface area contributed by atoms with E-state index < -0.39 is 0 Å². The van der Waals surface area contributed by atoms with Crippen molar-refractivity contribution in [2.24, 2.45) is 16.4 Å². The lowest BCUT2D eigenvalue weighted by atomic mass is 9.68. The summed E-state index contributed by atoms with van der Waals surface area (Å²) in [5.74, 6) is 1.13. The van der Waals surface area contributed by atoms with Crippen LogP contribution in [-0.4, -0.2) is 21.2 Å². The molecule has 1 aromatic heterocycles. The molecule has 5 nitrogen and oxygen atoms in total. The fraction of sp³-hybridized carbons (Fsp3) is 0.458. The Morgan fingerprint density at radius 1 is 1.38 bits per heavy atom. The topological polar surface area (TPSA) is 59.3 Å². The van der Waals surface area contributed by atoms with Crippen LogP contribution in [0.3, 0.4) is 0 Å². The molecule has 5 heteroatoms. The second kappa shape index (κ2) is 8.36. The molecule has 2 aromatic rings. The molecule has 1 atom stereocenters. The van der Waals surface area contributed by atoms with Gasteiger partial charge in [-0.25, -0.2) is 10.4 Å². The van der Waals surface area contributed by atoms with E-state index in [1.165, 1.54) is 12.0 Å². The highest BCUT2D eigenvalue weighted by Gasteiger charge is 2.30. The zero-order valence-electron chi connectivity index (χ0n) is 18.4. The molecule has 0 bridgehead atoms. The molecule has 0 spiro atoms. The zero-order chi connectivity index (χ0) is 21.2. The van der Waals surface area contributed by atoms with E-state index in [0.29, 0.717) is 11.5 Å². The van der Waals surface area contributed by atoms with E-state index in [9.17, 15) is 4.79 Å². The number of hydrogen-bond acceptors (Lipinski definition) is 3. The van der Waals surface area contributed by atoms with Crippen molar-refractivity contribution >= 4 is 22.7 Å². The number of hydrogen-bond donors (Lipinski definition) is 1. The van der Waals surface area contributed by atoms with Gasteiger partial charge in [0.25, 0.3) is 5.91 Å². The molecule has 154 valence electrons. The number of nitrogens with zero attached hydrogens (tertiary/aromatic N) is 3. The summed E-state index contributed by atoms with van der Waals surface area (Å²) >= 11 is 0. The van der Waals surface area contributed by atoms with Crippen LogP contribution in [0.25, 0.3) is 11.0 Å². The minimum Gasteiger partial charge on any atom is -0.329 e. The lowest BCUT2D eigenvalue weighted by molar-refractivity contribution is 0.0955. The molecule has 3 rings (SSSR count). The van der Waals surface area contributed by atoms with E-state index in [1.54, 1.807) is 0 Å². The van der Waals surface area contributed by atoms with Gasteiger partial charge in [0.05, 0.1) is 16.7 Å². The number of aryl methyl sites for hydroxylation is 2. The minimum atomic E-state index is -0.225. The van der Waals surface area contributed by atoms with Gasteiger partial charge in [0, 0.05) is 18.0 Å². The van der Waals surface area contributed by atoms with Crippen LogP contribution in [0.5, 0.6) is 0 Å². The predicted octanol–water partition coefficient (Wildman–Crippen LogP) is 5.41. The van der Waals surface area contributed by atoms with Crippen LogP contribution >= 0.6 is 0 Å². The quantitative estimate of drug-likeness (QED) is 0.420. The van der Waals surface area contributed by atoms with Crippen LogP contribution < -0.4 is 5.43 Å². The van der Waals surface area contributed by atoms with E-state index in [4.69, 9.17) is 0 Å². The summed E-state index contributed by atoms with van der Waals surface area (Å²) in [6.45, 7) is 13.6. The highest BCUT2D eigenvalue weighted by Crippen LogP contribution is 2.41. The van der Waals surface area contributed by atoms with Gasteiger partial charge >= 0.3 is 0 Å². The molecule has 1 unspecified atom stereocenters. The first-order valence-electron chi connectivity index (χ1n) is 10.4. The van der Waals surface area contributed by atoms with Crippen molar-refractivity contribution in [3.8, 4) is 0 Å². The first-order chi connectivity index (χ1) is 13.7. The number of rotatable bonds is 5. The Labute approximate surface area is 173 Å². The van der Waals surface area contributed by atoms with Crippen molar-refractivity contribution in [3.05, 3.63) is 53.4 Å². The normalized spacial score (nSPS) is 19.6.